The molecule has 0 bridgehead atoms. The first-order valence-electron chi connectivity index (χ1n) is 9.25. The Morgan fingerprint density at radius 1 is 1.19 bits per heavy atom. The number of amides is 1. The molecule has 2 aromatic carbocycles. The second kappa shape index (κ2) is 11.7. The number of aromatic nitrogens is 1. The second-order valence-electron chi connectivity index (χ2n) is 6.35. The molecule has 10 heteroatoms. The first-order chi connectivity index (χ1) is 14.8. The Bertz CT molecular complexity index is 1090. The van der Waals surface area contributed by atoms with Gasteiger partial charge in [-0.25, -0.2) is 4.39 Å². The lowest BCUT2D eigenvalue weighted by Gasteiger charge is -2.10. The van der Waals surface area contributed by atoms with E-state index in [2.05, 4.69) is 14.7 Å². The van der Waals surface area contributed by atoms with E-state index in [1.807, 2.05) is 0 Å². The highest BCUT2D eigenvalue weighted by atomic mass is 35.5. The summed E-state index contributed by atoms with van der Waals surface area (Å²) in [5, 5.41) is 12.7. The number of aliphatic imine (C=N–C) groups is 1. The van der Waals surface area contributed by atoms with Crippen molar-refractivity contribution in [2.45, 2.75) is 19.4 Å². The Kier molecular flexibility index (Phi) is 8.98. The zero-order chi connectivity index (χ0) is 22.8. The number of carbonyl (C=O) groups excluding carboxylic acids is 1. The van der Waals surface area contributed by atoms with E-state index in [1.54, 1.807) is 24.3 Å². The minimum Gasteiger partial charge on any atom is -0.507 e. The Hall–Kier alpha value is -3.43. The number of nitrogens with zero attached hydrogens (tertiary/aromatic N) is 1. The van der Waals surface area contributed by atoms with Crippen LogP contribution >= 0.6 is 11.6 Å². The van der Waals surface area contributed by atoms with Crippen LogP contribution in [0.3, 0.4) is 0 Å². The lowest BCUT2D eigenvalue weighted by molar-refractivity contribution is -0.118. The van der Waals surface area contributed by atoms with E-state index in [0.717, 1.165) is 0 Å². The summed E-state index contributed by atoms with van der Waals surface area (Å²) in [5.41, 5.74) is 11.4. The SMILES string of the molecule is NC(=O)CCCN=C(c1ccc(Cl)cc1)c1cc(F)ccc1O.NCc1cc(=O)[nH]o1. The zero-order valence-corrected chi connectivity index (χ0v) is 17.2. The number of aromatic hydroxyl groups is 1. The number of carbonyl (C=O) groups is 1. The third-order valence-corrected chi connectivity index (χ3v) is 4.21. The molecule has 0 saturated heterocycles. The largest absolute Gasteiger partial charge is 0.507 e. The molecule has 6 N–H and O–H groups in total. The van der Waals surface area contributed by atoms with Gasteiger partial charge >= 0.3 is 0 Å². The van der Waals surface area contributed by atoms with Gasteiger partial charge in [0, 0.05) is 35.2 Å². The summed E-state index contributed by atoms with van der Waals surface area (Å²) in [7, 11) is 0. The maximum atomic E-state index is 13.5. The maximum absolute atomic E-state index is 13.5. The van der Waals surface area contributed by atoms with E-state index in [0.29, 0.717) is 35.0 Å². The van der Waals surface area contributed by atoms with Crippen molar-refractivity contribution < 1.29 is 18.8 Å². The normalized spacial score (nSPS) is 11.0. The quantitative estimate of drug-likeness (QED) is 0.324. The third kappa shape index (κ3) is 7.72. The minimum absolute atomic E-state index is 0.0741. The topological polar surface area (TPSA) is 148 Å². The Labute approximate surface area is 182 Å². The van der Waals surface area contributed by atoms with E-state index in [1.165, 1.54) is 24.3 Å². The predicted molar refractivity (Wildman–Crippen MR) is 116 cm³/mol. The fourth-order valence-corrected chi connectivity index (χ4v) is 2.63. The number of H-pyrrole nitrogens is 1. The number of hydrogen-bond donors (Lipinski definition) is 4. The van der Waals surface area contributed by atoms with Crippen molar-refractivity contribution in [1.82, 2.24) is 5.16 Å². The van der Waals surface area contributed by atoms with Crippen molar-refractivity contribution in [2.75, 3.05) is 6.54 Å². The first kappa shape index (κ1) is 23.8. The second-order valence-corrected chi connectivity index (χ2v) is 6.79. The summed E-state index contributed by atoms with van der Waals surface area (Å²) in [6.45, 7) is 0.593. The molecule has 0 aliphatic carbocycles. The average Bonchev–Trinajstić information content (AvgIpc) is 3.17. The van der Waals surface area contributed by atoms with E-state index in [4.69, 9.17) is 23.1 Å². The summed E-state index contributed by atoms with van der Waals surface area (Å²) in [5.74, 6) is -0.469. The van der Waals surface area contributed by atoms with Crippen molar-refractivity contribution in [2.24, 2.45) is 16.5 Å². The summed E-state index contributed by atoms with van der Waals surface area (Å²) < 4.78 is 18.1. The molecule has 0 radical (unpaired) electrons. The highest BCUT2D eigenvalue weighted by Gasteiger charge is 2.13. The van der Waals surface area contributed by atoms with Crippen molar-refractivity contribution in [3.63, 3.8) is 0 Å². The van der Waals surface area contributed by atoms with Crippen LogP contribution in [-0.2, 0) is 11.3 Å². The molecule has 0 fully saturated rings. The number of aromatic amines is 1. The first-order valence-corrected chi connectivity index (χ1v) is 9.63. The lowest BCUT2D eigenvalue weighted by Crippen LogP contribution is -2.11. The van der Waals surface area contributed by atoms with E-state index >= 15 is 0 Å². The van der Waals surface area contributed by atoms with Gasteiger partial charge in [-0.15, -0.1) is 0 Å². The zero-order valence-electron chi connectivity index (χ0n) is 16.5. The van der Waals surface area contributed by atoms with E-state index in [-0.39, 0.29) is 29.8 Å². The van der Waals surface area contributed by atoms with Crippen LogP contribution in [0.4, 0.5) is 4.39 Å². The molecule has 0 aliphatic heterocycles. The molecule has 0 aliphatic rings. The molecule has 1 heterocycles. The molecule has 0 spiro atoms. The van der Waals surface area contributed by atoms with Crippen molar-refractivity contribution in [1.29, 1.82) is 0 Å². The molecule has 0 atom stereocenters. The van der Waals surface area contributed by atoms with Gasteiger partial charge in [0.25, 0.3) is 5.56 Å². The number of primary amides is 1. The summed E-state index contributed by atoms with van der Waals surface area (Å²) in [6, 6.07) is 11.8. The van der Waals surface area contributed by atoms with Crippen LogP contribution in [0.25, 0.3) is 0 Å². The van der Waals surface area contributed by atoms with Crippen LogP contribution < -0.4 is 17.0 Å². The summed E-state index contributed by atoms with van der Waals surface area (Å²) in [4.78, 5) is 25.4. The molecular weight excluding hydrogens is 427 g/mol. The van der Waals surface area contributed by atoms with Gasteiger partial charge in [-0.1, -0.05) is 23.7 Å². The third-order valence-electron chi connectivity index (χ3n) is 3.96. The number of hydrogen-bond acceptors (Lipinski definition) is 6. The fraction of sp³-hybridized carbons (Fsp3) is 0.190. The Morgan fingerprint density at radius 2 is 1.90 bits per heavy atom. The van der Waals surface area contributed by atoms with E-state index in [9.17, 15) is 19.1 Å². The van der Waals surface area contributed by atoms with Crippen molar-refractivity contribution >= 4 is 23.2 Å². The Morgan fingerprint density at radius 3 is 2.45 bits per heavy atom. The molecule has 1 aromatic heterocycles. The van der Waals surface area contributed by atoms with Gasteiger partial charge in [0.1, 0.15) is 11.6 Å². The Balaban J connectivity index is 0.000000357. The van der Waals surface area contributed by atoms with Crippen LogP contribution in [-0.4, -0.2) is 28.4 Å². The average molecular weight is 449 g/mol. The number of halogens is 2. The smallest absolute Gasteiger partial charge is 0.280 e. The number of phenolic OH excluding ortho intramolecular Hbond substituents is 1. The number of benzene rings is 2. The number of rotatable bonds is 7. The highest BCUT2D eigenvalue weighted by Crippen LogP contribution is 2.23. The molecule has 0 unspecified atom stereocenters. The van der Waals surface area contributed by atoms with Gasteiger partial charge in [-0.2, -0.15) is 5.16 Å². The minimum atomic E-state index is -0.475. The van der Waals surface area contributed by atoms with Crippen LogP contribution in [0.5, 0.6) is 5.75 Å². The lowest BCUT2D eigenvalue weighted by atomic mass is 10.0. The van der Waals surface area contributed by atoms with Crippen LogP contribution in [0.1, 0.15) is 29.7 Å². The monoisotopic (exact) mass is 448 g/mol. The molecule has 1 amide bonds. The van der Waals surface area contributed by atoms with Crippen LogP contribution in [0.15, 0.2) is 62.8 Å². The highest BCUT2D eigenvalue weighted by molar-refractivity contribution is 6.30. The maximum Gasteiger partial charge on any atom is 0.280 e. The number of nitrogens with one attached hydrogen (secondary N) is 1. The van der Waals surface area contributed by atoms with Gasteiger partial charge in [-0.05, 0) is 36.8 Å². The van der Waals surface area contributed by atoms with Gasteiger partial charge in [0.15, 0.2) is 5.76 Å². The standard InChI is InChI=1S/C17H16ClFN2O2.C4H6N2O2/c18-12-5-3-11(4-6-12)17(21-9-1-2-16(20)23)14-10-13(19)7-8-15(14)22;5-2-3-1-4(7)6-8-3/h3-8,10,22H,1-2,9H2,(H2,20,23);1H,2,5H2,(H,6,7). The van der Waals surface area contributed by atoms with Gasteiger partial charge in [0.2, 0.25) is 5.91 Å². The number of nitrogens with two attached hydrogens (primary N) is 2. The molecular formula is C21H22ClFN4O4. The molecule has 3 rings (SSSR count). The van der Waals surface area contributed by atoms with Crippen LogP contribution in [0.2, 0.25) is 5.02 Å². The summed E-state index contributed by atoms with van der Waals surface area (Å²) in [6.07, 6.45) is 0.690. The van der Waals surface area contributed by atoms with Gasteiger partial charge in [-0.3, -0.25) is 14.6 Å². The molecule has 0 saturated carbocycles. The van der Waals surface area contributed by atoms with E-state index < -0.39 is 11.7 Å². The van der Waals surface area contributed by atoms with Crippen molar-refractivity contribution in [3.8, 4) is 5.75 Å². The molecule has 3 aromatic rings. The predicted octanol–water partition coefficient (Wildman–Crippen LogP) is 2.71. The fourth-order valence-electron chi connectivity index (χ4n) is 2.50. The molecule has 8 nitrogen and oxygen atoms in total. The summed E-state index contributed by atoms with van der Waals surface area (Å²) >= 11 is 5.88. The molecule has 164 valence electrons. The number of phenols is 1. The molecule has 31 heavy (non-hydrogen) atoms. The van der Waals surface area contributed by atoms with Crippen molar-refractivity contribution in [3.05, 3.63) is 86.6 Å². The van der Waals surface area contributed by atoms with Crippen LogP contribution in [0, 0.1) is 5.82 Å². The van der Waals surface area contributed by atoms with Gasteiger partial charge in [0.05, 0.1) is 12.3 Å². The van der Waals surface area contributed by atoms with Gasteiger partial charge < -0.3 is 21.1 Å².